The van der Waals surface area contributed by atoms with Gasteiger partial charge in [0.15, 0.2) is 5.78 Å². The van der Waals surface area contributed by atoms with Gasteiger partial charge >= 0.3 is 0 Å². The maximum absolute atomic E-state index is 11.2. The number of anilines is 1. The number of phenols is 1. The van der Waals surface area contributed by atoms with E-state index < -0.39 is 0 Å². The van der Waals surface area contributed by atoms with Crippen molar-refractivity contribution in [2.75, 3.05) is 19.5 Å². The Morgan fingerprint density at radius 1 is 1.50 bits per heavy atom. The van der Waals surface area contributed by atoms with Gasteiger partial charge in [-0.05, 0) is 13.0 Å². The number of nitrogens with one attached hydrogen (secondary N) is 1. The molecule has 1 rings (SSSR count). The molecule has 0 aromatic heterocycles. The molecule has 4 heteroatoms. The largest absolute Gasteiger partial charge is 0.506 e. The molecule has 0 unspecified atom stereocenters. The van der Waals surface area contributed by atoms with Crippen molar-refractivity contribution >= 4 is 11.5 Å². The Bertz CT molecular complexity index is 361. The van der Waals surface area contributed by atoms with Gasteiger partial charge in [-0.2, -0.15) is 0 Å². The van der Waals surface area contributed by atoms with E-state index in [1.165, 1.54) is 20.1 Å². The molecule has 0 saturated heterocycles. The predicted molar refractivity (Wildman–Crippen MR) is 54.2 cm³/mol. The summed E-state index contributed by atoms with van der Waals surface area (Å²) in [5.41, 5.74) is 0.850. The van der Waals surface area contributed by atoms with E-state index in [-0.39, 0.29) is 11.5 Å². The molecule has 0 atom stereocenters. The van der Waals surface area contributed by atoms with Crippen LogP contribution in [0.4, 0.5) is 5.69 Å². The second kappa shape index (κ2) is 4.00. The van der Waals surface area contributed by atoms with Gasteiger partial charge in [0.25, 0.3) is 0 Å². The van der Waals surface area contributed by atoms with Crippen molar-refractivity contribution in [2.24, 2.45) is 0 Å². The van der Waals surface area contributed by atoms with Gasteiger partial charge in [0, 0.05) is 18.7 Å². The lowest BCUT2D eigenvalue weighted by molar-refractivity contribution is 0.101. The van der Waals surface area contributed by atoms with Crippen molar-refractivity contribution in [3.05, 3.63) is 17.7 Å². The summed E-state index contributed by atoms with van der Waals surface area (Å²) in [5, 5.41) is 12.3. The van der Waals surface area contributed by atoms with Crippen LogP contribution < -0.4 is 10.1 Å². The summed E-state index contributed by atoms with van der Waals surface area (Å²) in [7, 11) is 3.13. The summed E-state index contributed by atoms with van der Waals surface area (Å²) in [6, 6.07) is 3.05. The van der Waals surface area contributed by atoms with Crippen molar-refractivity contribution in [1.29, 1.82) is 0 Å². The number of hydrogen-bond donors (Lipinski definition) is 2. The molecular weight excluding hydrogens is 182 g/mol. The Hall–Kier alpha value is -1.71. The van der Waals surface area contributed by atoms with Crippen LogP contribution in [0.25, 0.3) is 0 Å². The van der Waals surface area contributed by atoms with Gasteiger partial charge in [0.1, 0.15) is 11.5 Å². The smallest absolute Gasteiger partial charge is 0.162 e. The van der Waals surface area contributed by atoms with Crippen LogP contribution >= 0.6 is 0 Å². The number of ether oxygens (including phenoxy) is 1. The Morgan fingerprint density at radius 3 is 2.57 bits per heavy atom. The number of benzene rings is 1. The van der Waals surface area contributed by atoms with Crippen LogP contribution in [-0.2, 0) is 0 Å². The van der Waals surface area contributed by atoms with Crippen LogP contribution in [0.5, 0.6) is 11.5 Å². The molecule has 1 aromatic carbocycles. The lowest BCUT2D eigenvalue weighted by Crippen LogP contribution is -2.01. The first-order chi connectivity index (χ1) is 6.60. The molecule has 0 aliphatic rings. The summed E-state index contributed by atoms with van der Waals surface area (Å²) in [6.45, 7) is 1.44. The van der Waals surface area contributed by atoms with E-state index in [1.54, 1.807) is 13.1 Å². The van der Waals surface area contributed by atoms with Crippen LogP contribution in [0.15, 0.2) is 12.1 Å². The van der Waals surface area contributed by atoms with Gasteiger partial charge in [-0.15, -0.1) is 0 Å². The number of methoxy groups -OCH3 is 1. The molecule has 0 saturated carbocycles. The Labute approximate surface area is 82.5 Å². The predicted octanol–water partition coefficient (Wildman–Crippen LogP) is 1.65. The van der Waals surface area contributed by atoms with Gasteiger partial charge in [-0.1, -0.05) is 0 Å². The fraction of sp³-hybridized carbons (Fsp3) is 0.300. The summed E-state index contributed by atoms with van der Waals surface area (Å²) in [4.78, 5) is 11.2. The normalized spacial score (nSPS) is 9.64. The topological polar surface area (TPSA) is 58.6 Å². The van der Waals surface area contributed by atoms with E-state index in [2.05, 4.69) is 5.32 Å². The molecule has 0 heterocycles. The molecule has 1 aromatic rings. The number of carbonyl (C=O) groups is 1. The van der Waals surface area contributed by atoms with Crippen LogP contribution in [0.2, 0.25) is 0 Å². The number of carbonyl (C=O) groups excluding carboxylic acids is 1. The molecule has 76 valence electrons. The average Bonchev–Trinajstić information content (AvgIpc) is 2.16. The van der Waals surface area contributed by atoms with Gasteiger partial charge < -0.3 is 15.2 Å². The number of ketones is 1. The first kappa shape index (κ1) is 10.4. The summed E-state index contributed by atoms with van der Waals surface area (Å²) >= 11 is 0. The van der Waals surface area contributed by atoms with Gasteiger partial charge in [0.2, 0.25) is 0 Å². The van der Waals surface area contributed by atoms with Crippen LogP contribution in [0.3, 0.4) is 0 Å². The van der Waals surface area contributed by atoms with Crippen molar-refractivity contribution in [2.45, 2.75) is 6.92 Å². The Morgan fingerprint density at radius 2 is 2.14 bits per heavy atom. The van der Waals surface area contributed by atoms with Crippen molar-refractivity contribution in [3.63, 3.8) is 0 Å². The number of rotatable bonds is 3. The molecule has 4 nitrogen and oxygen atoms in total. The zero-order valence-electron chi connectivity index (χ0n) is 8.42. The quantitative estimate of drug-likeness (QED) is 0.568. The maximum Gasteiger partial charge on any atom is 0.162 e. The monoisotopic (exact) mass is 195 g/mol. The molecule has 0 radical (unpaired) electrons. The highest BCUT2D eigenvalue weighted by molar-refractivity contribution is 6.01. The minimum Gasteiger partial charge on any atom is -0.506 e. The second-order valence-corrected chi connectivity index (χ2v) is 2.88. The minimum absolute atomic E-state index is 0.0112. The third kappa shape index (κ3) is 1.79. The average molecular weight is 195 g/mol. The van der Waals surface area contributed by atoms with E-state index in [0.29, 0.717) is 17.0 Å². The van der Waals surface area contributed by atoms with E-state index >= 15 is 0 Å². The Kier molecular flexibility index (Phi) is 2.96. The van der Waals surface area contributed by atoms with Crippen LogP contribution in [0, 0.1) is 0 Å². The molecule has 0 bridgehead atoms. The van der Waals surface area contributed by atoms with Crippen molar-refractivity contribution < 1.29 is 14.6 Å². The standard InChI is InChI=1S/C10H13NO3/c1-6(12)8-4-7(14-3)5-9(13)10(8)11-2/h4-5,11,13H,1-3H3. The zero-order chi connectivity index (χ0) is 10.7. The molecule has 14 heavy (non-hydrogen) atoms. The molecule has 0 aliphatic carbocycles. The van der Waals surface area contributed by atoms with Crippen LogP contribution in [0.1, 0.15) is 17.3 Å². The lowest BCUT2D eigenvalue weighted by Gasteiger charge is -2.10. The zero-order valence-corrected chi connectivity index (χ0v) is 8.42. The first-order valence-electron chi connectivity index (χ1n) is 4.19. The van der Waals surface area contributed by atoms with Gasteiger partial charge in [0.05, 0.1) is 12.8 Å². The Balaban J connectivity index is 3.35. The molecule has 2 N–H and O–H groups in total. The molecule has 0 fully saturated rings. The fourth-order valence-corrected chi connectivity index (χ4v) is 1.26. The molecule has 0 aliphatic heterocycles. The number of phenolic OH excluding ortho intramolecular Hbond substituents is 1. The molecule has 0 amide bonds. The maximum atomic E-state index is 11.2. The van der Waals surface area contributed by atoms with E-state index in [0.717, 1.165) is 0 Å². The van der Waals surface area contributed by atoms with Crippen molar-refractivity contribution in [3.8, 4) is 11.5 Å². The number of Topliss-reactive ketones (excluding diaryl/α,β-unsaturated/α-hetero) is 1. The highest BCUT2D eigenvalue weighted by Crippen LogP contribution is 2.32. The summed E-state index contributed by atoms with van der Waals surface area (Å²) in [5.74, 6) is 0.354. The van der Waals surface area contributed by atoms with Gasteiger partial charge in [-0.3, -0.25) is 4.79 Å². The SMILES string of the molecule is CNc1c(O)cc(OC)cc1C(C)=O. The third-order valence-corrected chi connectivity index (χ3v) is 1.96. The lowest BCUT2D eigenvalue weighted by atomic mass is 10.1. The summed E-state index contributed by atoms with van der Waals surface area (Å²) in [6.07, 6.45) is 0. The van der Waals surface area contributed by atoms with E-state index in [9.17, 15) is 9.90 Å². The van der Waals surface area contributed by atoms with E-state index in [4.69, 9.17) is 4.74 Å². The number of aromatic hydroxyl groups is 1. The second-order valence-electron chi connectivity index (χ2n) is 2.88. The van der Waals surface area contributed by atoms with Gasteiger partial charge in [-0.25, -0.2) is 0 Å². The van der Waals surface area contributed by atoms with Crippen LogP contribution in [-0.4, -0.2) is 25.0 Å². The first-order valence-corrected chi connectivity index (χ1v) is 4.19. The minimum atomic E-state index is -0.122. The van der Waals surface area contributed by atoms with E-state index in [1.807, 2.05) is 0 Å². The number of hydrogen-bond acceptors (Lipinski definition) is 4. The molecule has 0 spiro atoms. The van der Waals surface area contributed by atoms with Crippen molar-refractivity contribution in [1.82, 2.24) is 0 Å². The highest BCUT2D eigenvalue weighted by Gasteiger charge is 2.12. The summed E-state index contributed by atoms with van der Waals surface area (Å²) < 4.78 is 4.95. The fourth-order valence-electron chi connectivity index (χ4n) is 1.26. The third-order valence-electron chi connectivity index (χ3n) is 1.96. The molecular formula is C10H13NO3. The highest BCUT2D eigenvalue weighted by atomic mass is 16.5.